The molecular weight excluding hydrogens is 368 g/mol. The predicted molar refractivity (Wildman–Crippen MR) is 101 cm³/mol. The van der Waals surface area contributed by atoms with E-state index in [2.05, 4.69) is 15.4 Å². The molecule has 0 aromatic carbocycles. The molecule has 1 saturated heterocycles. The lowest BCUT2D eigenvalue weighted by atomic mass is 9.95. The number of hydrogen-bond acceptors (Lipinski definition) is 6. The Balaban J connectivity index is 1.57. The topological polar surface area (TPSA) is 95.8 Å². The van der Waals surface area contributed by atoms with Crippen molar-refractivity contribution in [2.45, 2.75) is 69.9 Å². The van der Waals surface area contributed by atoms with Gasteiger partial charge in [-0.05, 0) is 33.6 Å². The number of sulfonamides is 1. The molecule has 1 N–H and O–H groups in total. The van der Waals surface area contributed by atoms with Crippen LogP contribution in [0.3, 0.4) is 0 Å². The Morgan fingerprint density at radius 2 is 1.78 bits per heavy atom. The highest BCUT2D eigenvalue weighted by atomic mass is 32.2. The molecule has 1 aliphatic carbocycles. The van der Waals surface area contributed by atoms with Gasteiger partial charge >= 0.3 is 0 Å². The molecule has 1 aliphatic heterocycles. The highest BCUT2D eigenvalue weighted by Crippen LogP contribution is 2.24. The van der Waals surface area contributed by atoms with Crippen LogP contribution in [-0.4, -0.2) is 66.9 Å². The van der Waals surface area contributed by atoms with Crippen molar-refractivity contribution in [3.8, 4) is 0 Å². The molecule has 1 atom stereocenters. The van der Waals surface area contributed by atoms with Crippen molar-refractivity contribution in [2.75, 3.05) is 26.2 Å². The molecule has 9 heteroatoms. The summed E-state index contributed by atoms with van der Waals surface area (Å²) in [6.45, 7) is 6.92. The Morgan fingerprint density at radius 3 is 2.33 bits per heavy atom. The summed E-state index contributed by atoms with van der Waals surface area (Å²) in [7, 11) is -3.62. The summed E-state index contributed by atoms with van der Waals surface area (Å²) in [6.07, 6.45) is 5.72. The lowest BCUT2D eigenvalue weighted by molar-refractivity contribution is -0.127. The number of carbonyl (C=O) groups is 1. The molecular formula is C18H30N4O4S. The first-order valence-electron chi connectivity index (χ1n) is 9.78. The van der Waals surface area contributed by atoms with Crippen LogP contribution in [0.4, 0.5) is 0 Å². The smallest absolute Gasteiger partial charge is 0.248 e. The quantitative estimate of drug-likeness (QED) is 0.806. The zero-order chi connectivity index (χ0) is 19.6. The number of aromatic nitrogens is 1. The summed E-state index contributed by atoms with van der Waals surface area (Å²) in [5.41, 5.74) is 0.384. The zero-order valence-electron chi connectivity index (χ0n) is 16.4. The molecule has 0 radical (unpaired) electrons. The zero-order valence-corrected chi connectivity index (χ0v) is 17.2. The van der Waals surface area contributed by atoms with Gasteiger partial charge in [0.05, 0.1) is 6.04 Å². The third kappa shape index (κ3) is 4.35. The first kappa shape index (κ1) is 20.3. The second-order valence-corrected chi connectivity index (χ2v) is 9.49. The number of carbonyl (C=O) groups excluding carboxylic acids is 1. The molecule has 0 bridgehead atoms. The van der Waals surface area contributed by atoms with Gasteiger partial charge in [-0.3, -0.25) is 9.69 Å². The van der Waals surface area contributed by atoms with E-state index >= 15 is 0 Å². The Labute approximate surface area is 161 Å². The minimum Gasteiger partial charge on any atom is -0.360 e. The molecule has 27 heavy (non-hydrogen) atoms. The second kappa shape index (κ2) is 8.28. The molecule has 0 spiro atoms. The van der Waals surface area contributed by atoms with E-state index in [0.717, 1.165) is 12.8 Å². The van der Waals surface area contributed by atoms with Crippen LogP contribution in [0.25, 0.3) is 0 Å². The number of nitrogens with one attached hydrogen (secondary N) is 1. The summed E-state index contributed by atoms with van der Waals surface area (Å²) in [5, 5.41) is 6.92. The van der Waals surface area contributed by atoms with E-state index in [-0.39, 0.29) is 22.9 Å². The van der Waals surface area contributed by atoms with Gasteiger partial charge in [-0.2, -0.15) is 4.31 Å². The normalized spacial score (nSPS) is 21.9. The Kier molecular flexibility index (Phi) is 6.22. The number of amides is 1. The molecule has 152 valence electrons. The van der Waals surface area contributed by atoms with Crippen LogP contribution in [0.15, 0.2) is 9.42 Å². The first-order chi connectivity index (χ1) is 12.8. The highest BCUT2D eigenvalue weighted by molar-refractivity contribution is 7.89. The van der Waals surface area contributed by atoms with Crippen molar-refractivity contribution >= 4 is 15.9 Å². The van der Waals surface area contributed by atoms with Crippen molar-refractivity contribution in [1.29, 1.82) is 0 Å². The first-order valence-corrected chi connectivity index (χ1v) is 11.2. The van der Waals surface area contributed by atoms with Gasteiger partial charge in [0.1, 0.15) is 10.6 Å². The third-order valence-corrected chi connectivity index (χ3v) is 7.86. The van der Waals surface area contributed by atoms with Crippen LogP contribution >= 0.6 is 0 Å². The van der Waals surface area contributed by atoms with Crippen molar-refractivity contribution in [3.63, 3.8) is 0 Å². The van der Waals surface area contributed by atoms with Crippen LogP contribution in [0.2, 0.25) is 0 Å². The molecule has 3 rings (SSSR count). The maximum atomic E-state index is 12.9. The maximum Gasteiger partial charge on any atom is 0.248 e. The van der Waals surface area contributed by atoms with Gasteiger partial charge in [-0.1, -0.05) is 24.4 Å². The van der Waals surface area contributed by atoms with Gasteiger partial charge in [-0.25, -0.2) is 8.42 Å². The van der Waals surface area contributed by atoms with E-state index in [1.165, 1.54) is 23.6 Å². The van der Waals surface area contributed by atoms with Gasteiger partial charge in [0.25, 0.3) is 0 Å². The predicted octanol–water partition coefficient (Wildman–Crippen LogP) is 1.44. The molecule has 1 aromatic rings. The molecule has 8 nitrogen and oxygen atoms in total. The Bertz CT molecular complexity index is 743. The van der Waals surface area contributed by atoms with E-state index in [4.69, 9.17) is 4.52 Å². The lowest BCUT2D eigenvalue weighted by Gasteiger charge is -2.37. The average molecular weight is 399 g/mol. The maximum absolute atomic E-state index is 12.9. The van der Waals surface area contributed by atoms with Gasteiger partial charge < -0.3 is 9.84 Å². The Morgan fingerprint density at radius 1 is 1.15 bits per heavy atom. The lowest BCUT2D eigenvalue weighted by Crippen LogP contribution is -2.56. The van der Waals surface area contributed by atoms with E-state index in [1.807, 2.05) is 6.92 Å². The summed E-state index contributed by atoms with van der Waals surface area (Å²) in [5.74, 6) is 0.360. The summed E-state index contributed by atoms with van der Waals surface area (Å²) < 4.78 is 32.3. The summed E-state index contributed by atoms with van der Waals surface area (Å²) in [4.78, 5) is 14.8. The van der Waals surface area contributed by atoms with Crippen LogP contribution < -0.4 is 5.32 Å². The molecule has 0 unspecified atom stereocenters. The highest BCUT2D eigenvalue weighted by Gasteiger charge is 2.35. The largest absolute Gasteiger partial charge is 0.360 e. The van der Waals surface area contributed by atoms with E-state index in [9.17, 15) is 13.2 Å². The number of hydrogen-bond donors (Lipinski definition) is 1. The number of rotatable bonds is 5. The van der Waals surface area contributed by atoms with Gasteiger partial charge in [0.2, 0.25) is 15.9 Å². The molecule has 2 heterocycles. The summed E-state index contributed by atoms with van der Waals surface area (Å²) >= 11 is 0. The van der Waals surface area contributed by atoms with E-state index in [0.29, 0.717) is 37.6 Å². The average Bonchev–Trinajstić information content (AvgIpc) is 3.01. The fourth-order valence-electron chi connectivity index (χ4n) is 4.04. The summed E-state index contributed by atoms with van der Waals surface area (Å²) in [6, 6.07) is 0.0331. The van der Waals surface area contributed by atoms with Crippen LogP contribution in [0.1, 0.15) is 50.5 Å². The van der Waals surface area contributed by atoms with Crippen molar-refractivity contribution in [3.05, 3.63) is 11.5 Å². The Hall–Kier alpha value is -1.45. The number of piperazine rings is 1. The molecule has 1 amide bonds. The minimum atomic E-state index is -3.62. The molecule has 1 saturated carbocycles. The molecule has 2 aliphatic rings. The fourth-order valence-corrected chi connectivity index (χ4v) is 5.75. The van der Waals surface area contributed by atoms with E-state index in [1.54, 1.807) is 13.8 Å². The second-order valence-electron chi connectivity index (χ2n) is 7.61. The number of nitrogens with zero attached hydrogens (tertiary/aromatic N) is 3. The van der Waals surface area contributed by atoms with Crippen molar-refractivity contribution in [2.24, 2.45) is 0 Å². The van der Waals surface area contributed by atoms with E-state index < -0.39 is 10.0 Å². The molecule has 2 fully saturated rings. The van der Waals surface area contributed by atoms with Crippen molar-refractivity contribution < 1.29 is 17.7 Å². The standard InChI is InChI=1S/C18H30N4O4S/c1-13-17(15(3)26-20-13)27(24,25)22-11-9-21(10-12-22)14(2)18(23)19-16-7-5-4-6-8-16/h14,16H,4-12H2,1-3H3,(H,19,23)/t14-/m0/s1. The van der Waals surface area contributed by atoms with Crippen LogP contribution in [-0.2, 0) is 14.8 Å². The van der Waals surface area contributed by atoms with Crippen molar-refractivity contribution in [1.82, 2.24) is 19.7 Å². The van der Waals surface area contributed by atoms with Crippen LogP contribution in [0.5, 0.6) is 0 Å². The van der Waals surface area contributed by atoms with Gasteiger partial charge in [-0.15, -0.1) is 0 Å². The monoisotopic (exact) mass is 398 g/mol. The van der Waals surface area contributed by atoms with Crippen LogP contribution in [0, 0.1) is 13.8 Å². The van der Waals surface area contributed by atoms with Gasteiger partial charge in [0.15, 0.2) is 5.76 Å². The number of aryl methyl sites for hydroxylation is 2. The van der Waals surface area contributed by atoms with Gasteiger partial charge in [0, 0.05) is 32.2 Å². The third-order valence-electron chi connectivity index (χ3n) is 5.72. The SMILES string of the molecule is Cc1noc(C)c1S(=O)(=O)N1CCN([C@@H](C)C(=O)NC2CCCCC2)CC1. The minimum absolute atomic E-state index is 0.0453. The molecule has 1 aromatic heterocycles. The fraction of sp³-hybridized carbons (Fsp3) is 0.778.